The van der Waals surface area contributed by atoms with Crippen LogP contribution in [0.2, 0.25) is 0 Å². The number of rotatable bonds is 8. The lowest BCUT2D eigenvalue weighted by molar-refractivity contribution is -0.136. The van der Waals surface area contributed by atoms with Gasteiger partial charge in [0.2, 0.25) is 11.8 Å². The molecule has 1 atom stereocenters. The molecule has 53 heavy (non-hydrogen) atoms. The van der Waals surface area contributed by atoms with Gasteiger partial charge in [0, 0.05) is 83.8 Å². The van der Waals surface area contributed by atoms with Gasteiger partial charge in [0.05, 0.1) is 4.88 Å². The molecule has 0 spiro atoms. The maximum absolute atomic E-state index is 13.1. The lowest BCUT2D eigenvalue weighted by Gasteiger charge is -2.46. The van der Waals surface area contributed by atoms with E-state index in [1.54, 1.807) is 16.2 Å². The van der Waals surface area contributed by atoms with Crippen molar-refractivity contribution in [3.8, 4) is 27.7 Å². The van der Waals surface area contributed by atoms with E-state index in [0.29, 0.717) is 24.6 Å². The Kier molecular flexibility index (Phi) is 8.96. The van der Waals surface area contributed by atoms with Crippen LogP contribution in [0.5, 0.6) is 17.2 Å². The summed E-state index contributed by atoms with van der Waals surface area (Å²) in [6, 6.07) is 28.8. The highest BCUT2D eigenvalue weighted by atomic mass is 79.9. The first-order valence-electron chi connectivity index (χ1n) is 18.3. The Morgan fingerprint density at radius 2 is 1.60 bits per heavy atom. The van der Waals surface area contributed by atoms with E-state index in [-0.39, 0.29) is 30.2 Å². The summed E-state index contributed by atoms with van der Waals surface area (Å²) in [6.07, 6.45) is 2.83. The van der Waals surface area contributed by atoms with Crippen molar-refractivity contribution >= 4 is 60.8 Å². The van der Waals surface area contributed by atoms with E-state index >= 15 is 0 Å². The van der Waals surface area contributed by atoms with Gasteiger partial charge in [-0.1, -0.05) is 34.1 Å². The summed E-state index contributed by atoms with van der Waals surface area (Å²) in [4.78, 5) is 44.8. The molecule has 3 aliphatic heterocycles. The molecule has 1 saturated carbocycles. The monoisotopic (exact) mass is 790 g/mol. The molecule has 3 amide bonds. The van der Waals surface area contributed by atoms with Gasteiger partial charge in [0.25, 0.3) is 5.91 Å². The average molecular weight is 792 g/mol. The zero-order chi connectivity index (χ0) is 36.2. The Labute approximate surface area is 320 Å². The van der Waals surface area contributed by atoms with E-state index in [2.05, 4.69) is 86.5 Å². The average Bonchev–Trinajstić information content (AvgIpc) is 3.66. The zero-order valence-electron chi connectivity index (χ0n) is 29.3. The molecule has 270 valence electrons. The van der Waals surface area contributed by atoms with Crippen LogP contribution in [-0.2, 0) is 16.1 Å². The third kappa shape index (κ3) is 6.70. The van der Waals surface area contributed by atoms with Crippen LogP contribution >= 0.6 is 27.3 Å². The number of hydrogen-bond acceptors (Lipinski definition) is 8. The molecule has 3 fully saturated rings. The molecule has 1 unspecified atom stereocenters. The fourth-order valence-corrected chi connectivity index (χ4v) is 9.50. The summed E-state index contributed by atoms with van der Waals surface area (Å²) in [5.74, 6) is 1.73. The predicted octanol–water partition coefficient (Wildman–Crippen LogP) is 7.92. The maximum Gasteiger partial charge on any atom is 0.255 e. The number of nitrogens with one attached hydrogen (secondary N) is 1. The first-order chi connectivity index (χ1) is 25.8. The molecule has 1 aromatic heterocycles. The number of halogens is 1. The van der Waals surface area contributed by atoms with E-state index in [4.69, 9.17) is 9.47 Å². The minimum absolute atomic E-state index is 0.134. The minimum atomic E-state index is -0.595. The van der Waals surface area contributed by atoms with Gasteiger partial charge >= 0.3 is 0 Å². The number of ether oxygens (including phenoxy) is 2. The number of amides is 3. The lowest BCUT2D eigenvalue weighted by atomic mass is 9.87. The van der Waals surface area contributed by atoms with Gasteiger partial charge in [0.1, 0.15) is 23.6 Å². The second kappa shape index (κ2) is 13.9. The highest BCUT2D eigenvalue weighted by Crippen LogP contribution is 2.47. The highest BCUT2D eigenvalue weighted by Gasteiger charge is 2.40. The van der Waals surface area contributed by atoms with Crippen molar-refractivity contribution in [3.63, 3.8) is 0 Å². The van der Waals surface area contributed by atoms with Crippen LogP contribution in [-0.4, -0.2) is 71.9 Å². The molecule has 1 aliphatic carbocycles. The highest BCUT2D eigenvalue weighted by molar-refractivity contribution is 9.10. The number of hydrogen-bond donors (Lipinski definition) is 1. The Bertz CT molecular complexity index is 2230. The molecule has 0 bridgehead atoms. The molecule has 5 aromatic rings. The number of anilines is 1. The Balaban J connectivity index is 0.776. The molecule has 2 saturated heterocycles. The van der Waals surface area contributed by atoms with Crippen molar-refractivity contribution in [3.05, 3.63) is 106 Å². The number of thiophene rings is 1. The lowest BCUT2D eigenvalue weighted by Crippen LogP contribution is -2.56. The van der Waals surface area contributed by atoms with Gasteiger partial charge in [-0.05, 0) is 96.8 Å². The molecule has 9 nitrogen and oxygen atoms in total. The normalized spacial score (nSPS) is 21.8. The van der Waals surface area contributed by atoms with Gasteiger partial charge in [0.15, 0.2) is 5.75 Å². The van der Waals surface area contributed by atoms with Crippen molar-refractivity contribution in [1.82, 2.24) is 15.1 Å². The molecular formula is C42H39BrN4O5S. The summed E-state index contributed by atoms with van der Waals surface area (Å²) < 4.78 is 15.2. The SMILES string of the molecule is Cc1ccc2c(Oc3ccc(OC4CC(N5CCN(c6ccc7c(c6)CN(C6CCC(=O)NC6=O)C7=O)CC5)C4)cc3)c(-c3ccc(Br)cc3)sc2c1. The van der Waals surface area contributed by atoms with E-state index in [1.165, 1.54) is 10.3 Å². The molecule has 4 aromatic carbocycles. The van der Waals surface area contributed by atoms with Gasteiger partial charge in [-0.15, -0.1) is 11.3 Å². The Hall–Kier alpha value is -4.71. The van der Waals surface area contributed by atoms with Crippen molar-refractivity contribution in [1.29, 1.82) is 0 Å². The first-order valence-corrected chi connectivity index (χ1v) is 19.9. The molecule has 1 N–H and O–H groups in total. The van der Waals surface area contributed by atoms with E-state index < -0.39 is 6.04 Å². The van der Waals surface area contributed by atoms with Crippen LogP contribution in [0, 0.1) is 6.92 Å². The molecule has 4 heterocycles. The largest absolute Gasteiger partial charge is 0.490 e. The van der Waals surface area contributed by atoms with E-state index in [0.717, 1.165) is 87.8 Å². The third-order valence-corrected chi connectivity index (χ3v) is 12.7. The minimum Gasteiger partial charge on any atom is -0.490 e. The Morgan fingerprint density at radius 3 is 2.36 bits per heavy atom. The van der Waals surface area contributed by atoms with Crippen LogP contribution in [0.15, 0.2) is 89.4 Å². The fraction of sp³-hybridized carbons (Fsp3) is 0.310. The first kappa shape index (κ1) is 34.1. The van der Waals surface area contributed by atoms with Crippen LogP contribution < -0.4 is 19.7 Å². The van der Waals surface area contributed by atoms with E-state index in [1.807, 2.05) is 36.4 Å². The van der Waals surface area contributed by atoms with Gasteiger partial charge in [-0.3, -0.25) is 24.6 Å². The fourth-order valence-electron chi connectivity index (χ4n) is 8.00. The number of carbonyl (C=O) groups is 3. The molecule has 11 heteroatoms. The van der Waals surface area contributed by atoms with E-state index in [9.17, 15) is 14.4 Å². The number of piperidine rings is 1. The second-order valence-corrected chi connectivity index (χ2v) is 16.4. The van der Waals surface area contributed by atoms with Gasteiger partial charge in [-0.25, -0.2) is 0 Å². The topological polar surface area (TPSA) is 91.4 Å². The molecular weight excluding hydrogens is 752 g/mol. The third-order valence-electron chi connectivity index (χ3n) is 11.0. The number of aryl methyl sites for hydroxylation is 1. The van der Waals surface area contributed by atoms with Crippen molar-refractivity contribution < 1.29 is 23.9 Å². The second-order valence-electron chi connectivity index (χ2n) is 14.5. The van der Waals surface area contributed by atoms with Gasteiger partial charge in [-0.2, -0.15) is 0 Å². The smallest absolute Gasteiger partial charge is 0.255 e. The van der Waals surface area contributed by atoms with Crippen molar-refractivity contribution in [2.24, 2.45) is 0 Å². The van der Waals surface area contributed by atoms with Crippen molar-refractivity contribution in [2.45, 2.75) is 57.3 Å². The summed E-state index contributed by atoms with van der Waals surface area (Å²) in [5, 5.41) is 3.49. The zero-order valence-corrected chi connectivity index (χ0v) is 31.8. The van der Waals surface area contributed by atoms with Crippen molar-refractivity contribution in [2.75, 3.05) is 31.1 Å². The summed E-state index contributed by atoms with van der Waals surface area (Å²) >= 11 is 5.31. The quantitative estimate of drug-likeness (QED) is 0.160. The number of piperazine rings is 1. The number of fused-ring (bicyclic) bond motifs is 2. The number of imide groups is 1. The molecule has 0 radical (unpaired) electrons. The summed E-state index contributed by atoms with van der Waals surface area (Å²) in [5.41, 5.74) is 5.06. The molecule has 9 rings (SSSR count). The number of carbonyl (C=O) groups excluding carboxylic acids is 3. The number of nitrogens with zero attached hydrogens (tertiary/aromatic N) is 3. The predicted molar refractivity (Wildman–Crippen MR) is 210 cm³/mol. The molecule has 4 aliphatic rings. The summed E-state index contributed by atoms with van der Waals surface area (Å²) in [7, 11) is 0. The van der Waals surface area contributed by atoms with Crippen LogP contribution in [0.3, 0.4) is 0 Å². The van der Waals surface area contributed by atoms with Crippen LogP contribution in [0.25, 0.3) is 20.5 Å². The standard InChI is InChI=1S/C42H39BrN4O5S/c1-25-2-12-35-37(20-25)53-40(26-3-5-28(43)6-4-26)39(35)52-32-10-8-31(9-11-32)51-33-22-30(23-33)46-18-16-45(17-19-46)29-7-13-34-27(21-29)24-47(42(34)50)36-14-15-38(48)44-41(36)49/h2-13,20-21,30,33,36H,14-19,22-24H2,1H3,(H,44,48,49). The van der Waals surface area contributed by atoms with Crippen LogP contribution in [0.4, 0.5) is 5.69 Å². The number of benzene rings is 4. The van der Waals surface area contributed by atoms with Crippen LogP contribution in [0.1, 0.15) is 47.2 Å². The maximum atomic E-state index is 13.1. The Morgan fingerprint density at radius 1 is 0.849 bits per heavy atom. The summed E-state index contributed by atoms with van der Waals surface area (Å²) in [6.45, 7) is 6.28. The van der Waals surface area contributed by atoms with Gasteiger partial charge < -0.3 is 19.3 Å².